The molecule has 0 amide bonds. The molecule has 13 rings (SSSR count). The maximum Gasteiger partial charge on any atom is 0.462 e. The van der Waals surface area contributed by atoms with Gasteiger partial charge >= 0.3 is 30.4 Å². The molecule has 16 heteroatoms. The van der Waals surface area contributed by atoms with E-state index in [-0.39, 0.29) is 67.2 Å². The first kappa shape index (κ1) is 48.7. The topological polar surface area (TPSA) is 142 Å². The van der Waals surface area contributed by atoms with Crippen LogP contribution in [0.15, 0.2) is 170 Å². The van der Waals surface area contributed by atoms with Crippen molar-refractivity contribution in [2.75, 3.05) is 0 Å². The Morgan fingerprint density at radius 3 is 0.566 bits per heavy atom. The lowest BCUT2D eigenvalue weighted by Gasteiger charge is -2.37. The lowest BCUT2D eigenvalue weighted by atomic mass is 9.77. The van der Waals surface area contributed by atoms with Crippen LogP contribution in [0.3, 0.4) is 0 Å². The molecule has 0 aromatic heterocycles. The van der Waals surface area contributed by atoms with Crippen molar-refractivity contribution in [3.8, 4) is 46.0 Å². The van der Waals surface area contributed by atoms with E-state index >= 15 is 18.3 Å². The third-order valence-corrected chi connectivity index (χ3v) is 22.5. The minimum atomic E-state index is -4.39. The summed E-state index contributed by atoms with van der Waals surface area (Å²) in [4.78, 5) is 0. The summed E-state index contributed by atoms with van der Waals surface area (Å²) >= 11 is 0. The summed E-state index contributed by atoms with van der Waals surface area (Å²) in [5, 5.41) is 1.12. The molecule has 76 heavy (non-hydrogen) atoms. The molecule has 0 saturated heterocycles. The van der Waals surface area contributed by atoms with E-state index in [2.05, 4.69) is 27.7 Å². The van der Waals surface area contributed by atoms with Crippen molar-refractivity contribution in [2.45, 2.75) is 77.0 Å². The number of hydrogen-bond acceptors (Lipinski definition) is 12. The Morgan fingerprint density at radius 1 is 0.263 bits per heavy atom. The molecule has 0 radical (unpaired) electrons. The lowest BCUT2D eigenvalue weighted by molar-refractivity contribution is 0.372. The molecule has 0 spiro atoms. The van der Waals surface area contributed by atoms with Gasteiger partial charge in [-0.1, -0.05) is 100 Å². The Labute approximate surface area is 441 Å². The Morgan fingerprint density at radius 2 is 0.421 bits per heavy atom. The first-order valence-electron chi connectivity index (χ1n) is 25.8. The van der Waals surface area contributed by atoms with Crippen molar-refractivity contribution in [1.29, 1.82) is 0 Å². The van der Waals surface area contributed by atoms with Crippen LogP contribution in [0, 0.1) is 0 Å². The summed E-state index contributed by atoms with van der Waals surface area (Å²) in [7, 11) is -17.6. The monoisotopic (exact) mass is 1090 g/mol. The Kier molecular flexibility index (Phi) is 11.8. The van der Waals surface area contributed by atoms with Gasteiger partial charge in [-0.3, -0.25) is 0 Å². The molecule has 4 heterocycles. The summed E-state index contributed by atoms with van der Waals surface area (Å²) in [6, 6.07) is 49.8. The van der Waals surface area contributed by atoms with Crippen molar-refractivity contribution < 1.29 is 54.5 Å². The second-order valence-electron chi connectivity index (χ2n) is 19.6. The van der Waals surface area contributed by atoms with Gasteiger partial charge in [-0.2, -0.15) is 0 Å². The van der Waals surface area contributed by atoms with Crippen molar-refractivity contribution in [3.05, 3.63) is 214 Å². The van der Waals surface area contributed by atoms with Crippen LogP contribution in [-0.2, 0) is 18.3 Å². The van der Waals surface area contributed by atoms with E-state index in [4.69, 9.17) is 36.2 Å². The van der Waals surface area contributed by atoms with Gasteiger partial charge in [-0.15, -0.1) is 0 Å². The summed E-state index contributed by atoms with van der Waals surface area (Å²) < 4.78 is 119. The smallest absolute Gasteiger partial charge is 0.412 e. The SMILES string of the molecule is CCC1c2cc3c4cc2OP(=O)(c2ccccc2)Oc2cc5c(cc21)C(CC)c1cc2c(cc1OP(=O)(c1ccccc1)O5)OP(=O)(c1ccccc1)Oc1cc(c(cc1C2CC)C3CC)OP(=O)(c1ccccc1)O4. The van der Waals surface area contributed by atoms with Gasteiger partial charge < -0.3 is 36.2 Å². The third kappa shape index (κ3) is 7.86. The summed E-state index contributed by atoms with van der Waals surface area (Å²) in [6.07, 6.45) is 2.09. The minimum absolute atomic E-state index is 0.216. The van der Waals surface area contributed by atoms with Gasteiger partial charge in [0.05, 0.1) is 21.2 Å². The van der Waals surface area contributed by atoms with Gasteiger partial charge in [0.25, 0.3) is 0 Å². The van der Waals surface area contributed by atoms with Crippen molar-refractivity contribution in [2.24, 2.45) is 0 Å². The van der Waals surface area contributed by atoms with E-state index in [0.29, 0.717) is 70.2 Å². The molecule has 384 valence electrons. The van der Waals surface area contributed by atoms with E-state index in [1.54, 1.807) is 121 Å². The van der Waals surface area contributed by atoms with Crippen LogP contribution >= 0.6 is 30.4 Å². The standard InChI is InChI=1S/C60H52O12P4/c1-5-41-45-29-47-42(6-2)49-31-51-44(8-4)52-32-50-43(7-3)48-30-46(41)54-34-56(48)68-75(63,39-25-17-11-18-26-39)70-58(50)36-60(52)72-76(64,40-27-19-12-20-28-40)71-59(51)35-57(49)69-74(62,38-23-15-10-16-24-38)67-55(47)33-53(45)65-73(61,66-54)37-21-13-9-14-22-37/h9-36,41-44H,5-8H2,1-4H3. The van der Waals surface area contributed by atoms with Crippen LogP contribution in [0.25, 0.3) is 0 Å². The van der Waals surface area contributed by atoms with Crippen LogP contribution in [0.2, 0.25) is 0 Å². The minimum Gasteiger partial charge on any atom is -0.412 e. The summed E-state index contributed by atoms with van der Waals surface area (Å²) in [6.45, 7) is 8.29. The van der Waals surface area contributed by atoms with Crippen molar-refractivity contribution in [1.82, 2.24) is 0 Å². The molecule has 12 nitrogen and oxygen atoms in total. The first-order chi connectivity index (χ1) is 36.8. The van der Waals surface area contributed by atoms with Gasteiger partial charge in [0.1, 0.15) is 46.0 Å². The zero-order chi connectivity index (χ0) is 52.1. The Bertz CT molecular complexity index is 3200. The molecular formula is C60H52O12P4. The Hall–Kier alpha value is -6.92. The zero-order valence-electron chi connectivity index (χ0n) is 42.0. The Balaban J connectivity index is 1.20. The van der Waals surface area contributed by atoms with Crippen LogP contribution < -0.4 is 57.4 Å². The van der Waals surface area contributed by atoms with Gasteiger partial charge in [-0.05, 0) is 98.5 Å². The molecule has 0 atom stereocenters. The van der Waals surface area contributed by atoms with Gasteiger partial charge in [0, 0.05) is 92.4 Å². The second-order valence-corrected chi connectivity index (χ2v) is 27.1. The molecule has 0 N–H and O–H groups in total. The average molecular weight is 1090 g/mol. The van der Waals surface area contributed by atoms with E-state index in [9.17, 15) is 0 Å². The summed E-state index contributed by atoms with van der Waals surface area (Å²) in [5.74, 6) is -0.113. The number of hydrogen-bond donors (Lipinski definition) is 0. The number of benzene rings is 8. The molecular weight excluding hydrogens is 1040 g/mol. The number of rotatable bonds is 8. The third-order valence-electron chi connectivity index (χ3n) is 15.2. The van der Waals surface area contributed by atoms with E-state index in [1.165, 1.54) is 0 Å². The predicted molar refractivity (Wildman–Crippen MR) is 294 cm³/mol. The quantitative estimate of drug-likeness (QED) is 0.134. The van der Waals surface area contributed by atoms with Crippen LogP contribution in [-0.4, -0.2) is 0 Å². The van der Waals surface area contributed by atoms with Gasteiger partial charge in [0.15, 0.2) is 0 Å². The molecule has 8 bridgehead atoms. The highest BCUT2D eigenvalue weighted by molar-refractivity contribution is 7.64. The largest absolute Gasteiger partial charge is 0.462 e. The molecule has 0 saturated carbocycles. The second kappa shape index (κ2) is 18.4. The highest BCUT2D eigenvalue weighted by atomic mass is 31.2. The van der Waals surface area contributed by atoms with Crippen LogP contribution in [0.4, 0.5) is 0 Å². The molecule has 4 aliphatic heterocycles. The van der Waals surface area contributed by atoms with E-state index in [1.807, 2.05) is 48.5 Å². The van der Waals surface area contributed by atoms with E-state index in [0.717, 1.165) is 0 Å². The summed E-state index contributed by atoms with van der Waals surface area (Å²) in [5.41, 5.74) is 5.56. The highest BCUT2D eigenvalue weighted by Gasteiger charge is 2.47. The normalized spacial score (nSPS) is 26.1. The zero-order valence-corrected chi connectivity index (χ0v) is 45.6. The molecule has 8 aromatic rings. The van der Waals surface area contributed by atoms with Crippen LogP contribution in [0.1, 0.15) is 122 Å². The predicted octanol–water partition coefficient (Wildman–Crippen LogP) is 15.3. The maximum absolute atomic E-state index is 16.0. The lowest BCUT2D eigenvalue weighted by Crippen LogP contribution is -2.23. The van der Waals surface area contributed by atoms with Gasteiger partial charge in [0.2, 0.25) is 0 Å². The molecule has 0 fully saturated rings. The van der Waals surface area contributed by atoms with Crippen molar-refractivity contribution in [3.63, 3.8) is 0 Å². The molecule has 5 aliphatic rings. The van der Waals surface area contributed by atoms with Crippen LogP contribution in [0.5, 0.6) is 46.0 Å². The molecule has 8 aromatic carbocycles. The average Bonchev–Trinajstić information content (AvgIpc) is 3.46. The van der Waals surface area contributed by atoms with Gasteiger partial charge in [-0.25, -0.2) is 18.3 Å². The highest BCUT2D eigenvalue weighted by Crippen LogP contribution is 2.65. The fraction of sp³-hybridized carbons (Fsp3) is 0.200. The first-order valence-corrected chi connectivity index (χ1v) is 31.9. The fourth-order valence-corrected chi connectivity index (χ4v) is 18.1. The van der Waals surface area contributed by atoms with Crippen molar-refractivity contribution >= 4 is 51.6 Å². The van der Waals surface area contributed by atoms with E-state index < -0.39 is 54.1 Å². The molecule has 1 aliphatic carbocycles. The molecule has 0 unspecified atom stereocenters. The fourth-order valence-electron chi connectivity index (χ4n) is 11.6. The maximum atomic E-state index is 16.0.